The molecule has 0 aliphatic rings. The number of rotatable bonds is 7. The Kier molecular flexibility index (Phi) is 9.34. The fraction of sp³-hybridized carbons (Fsp3) is 0.440. The summed E-state index contributed by atoms with van der Waals surface area (Å²) in [7, 11) is 3.85. The van der Waals surface area contributed by atoms with Crippen LogP contribution in [0.2, 0.25) is 0 Å². The van der Waals surface area contributed by atoms with Crippen molar-refractivity contribution >= 4 is 17.9 Å². The lowest BCUT2D eigenvalue weighted by atomic mass is 9.98. The Hall–Kier alpha value is -3.00. The summed E-state index contributed by atoms with van der Waals surface area (Å²) < 4.78 is 5.70. The molecule has 180 valence electrons. The lowest BCUT2D eigenvalue weighted by molar-refractivity contribution is 0.414. The minimum atomic E-state index is -0.0374. The fourth-order valence-corrected chi connectivity index (χ4v) is 3.46. The van der Waals surface area contributed by atoms with Gasteiger partial charge < -0.3 is 19.8 Å². The van der Waals surface area contributed by atoms with Gasteiger partial charge in [0.2, 0.25) is 4.77 Å². The zero-order chi connectivity index (χ0) is 24.7. The summed E-state index contributed by atoms with van der Waals surface area (Å²) in [5.41, 5.74) is 3.72. The van der Waals surface area contributed by atoms with Crippen LogP contribution in [0.3, 0.4) is 0 Å². The first-order valence-corrected chi connectivity index (χ1v) is 11.5. The average molecular weight is 473 g/mol. The summed E-state index contributed by atoms with van der Waals surface area (Å²) in [5.74, 6) is 2.33. The number of nitrogens with one attached hydrogen (secondary N) is 2. The maximum Gasteiger partial charge on any atom is 0.213 e. The lowest BCUT2D eigenvalue weighted by Gasteiger charge is -2.23. The number of aromatic amines is 2. The summed E-state index contributed by atoms with van der Waals surface area (Å²) in [6.07, 6.45) is 1.20. The van der Waals surface area contributed by atoms with Gasteiger partial charge in [0.25, 0.3) is 0 Å². The standard InChI is InChI=1S/C14H23NO.C11H13N3O2S/c1-11(2)8-9-15(4)13-10-12(3)6-7-14(13)16-5;1-5(2)6-3-7(9(16)4-8(6)15)10-12-11(17)14-13-10/h6-7,10-11H,8-9H2,1-5H3;3-5,15-16H,1-2H3,(H2,12,13,14,17). The van der Waals surface area contributed by atoms with Crippen molar-refractivity contribution in [2.75, 3.05) is 25.6 Å². The number of phenolic OH excluding ortho intramolecular Hbond substituents is 2. The Morgan fingerprint density at radius 2 is 1.76 bits per heavy atom. The van der Waals surface area contributed by atoms with Crippen molar-refractivity contribution in [3.8, 4) is 28.6 Å². The number of aromatic hydroxyl groups is 2. The molecule has 0 aliphatic carbocycles. The molecular formula is C25H36N4O3S. The monoisotopic (exact) mass is 472 g/mol. The molecule has 0 atom stereocenters. The average Bonchev–Trinajstić information content (AvgIpc) is 3.18. The molecule has 0 aliphatic heterocycles. The van der Waals surface area contributed by atoms with E-state index in [1.165, 1.54) is 23.7 Å². The van der Waals surface area contributed by atoms with Gasteiger partial charge in [-0.05, 0) is 66.7 Å². The van der Waals surface area contributed by atoms with Gasteiger partial charge in [-0.15, -0.1) is 0 Å². The second-order valence-electron chi connectivity index (χ2n) is 8.88. The molecule has 0 unspecified atom stereocenters. The van der Waals surface area contributed by atoms with Gasteiger partial charge in [-0.25, -0.2) is 0 Å². The van der Waals surface area contributed by atoms with Gasteiger partial charge in [0.05, 0.1) is 18.4 Å². The zero-order valence-electron chi connectivity index (χ0n) is 20.6. The predicted molar refractivity (Wildman–Crippen MR) is 137 cm³/mol. The number of ether oxygens (including phenoxy) is 1. The topological polar surface area (TPSA) is 97.4 Å². The first-order valence-electron chi connectivity index (χ1n) is 11.1. The summed E-state index contributed by atoms with van der Waals surface area (Å²) in [6.45, 7) is 11.6. The van der Waals surface area contributed by atoms with Crippen LogP contribution in [0, 0.1) is 17.6 Å². The molecule has 2 aromatic carbocycles. The van der Waals surface area contributed by atoms with Crippen LogP contribution in [-0.2, 0) is 0 Å². The minimum absolute atomic E-state index is 0.0374. The van der Waals surface area contributed by atoms with E-state index in [9.17, 15) is 10.2 Å². The first-order chi connectivity index (χ1) is 15.5. The molecule has 1 heterocycles. The molecule has 0 bridgehead atoms. The van der Waals surface area contributed by atoms with E-state index in [1.54, 1.807) is 13.2 Å². The largest absolute Gasteiger partial charge is 0.508 e. The zero-order valence-corrected chi connectivity index (χ0v) is 21.4. The first kappa shape index (κ1) is 26.3. The number of aryl methyl sites for hydroxylation is 1. The van der Waals surface area contributed by atoms with Crippen LogP contribution >= 0.6 is 12.2 Å². The van der Waals surface area contributed by atoms with Crippen LogP contribution in [0.4, 0.5) is 5.69 Å². The molecule has 0 spiro atoms. The summed E-state index contributed by atoms with van der Waals surface area (Å²) >= 11 is 4.86. The van der Waals surface area contributed by atoms with E-state index in [1.807, 2.05) is 19.9 Å². The van der Waals surface area contributed by atoms with Crippen molar-refractivity contribution in [1.29, 1.82) is 0 Å². The number of phenols is 2. The van der Waals surface area contributed by atoms with Gasteiger partial charge in [0.1, 0.15) is 17.2 Å². The third-order valence-electron chi connectivity index (χ3n) is 5.31. The third kappa shape index (κ3) is 7.25. The van der Waals surface area contributed by atoms with E-state index in [-0.39, 0.29) is 17.4 Å². The molecule has 0 saturated carbocycles. The number of nitrogens with zero attached hydrogens (tertiary/aromatic N) is 2. The Labute approximate surface area is 201 Å². The molecule has 33 heavy (non-hydrogen) atoms. The highest BCUT2D eigenvalue weighted by molar-refractivity contribution is 7.71. The number of anilines is 1. The number of aromatic nitrogens is 3. The lowest BCUT2D eigenvalue weighted by Crippen LogP contribution is -2.20. The Morgan fingerprint density at radius 3 is 2.30 bits per heavy atom. The van der Waals surface area contributed by atoms with Gasteiger partial charge in [-0.3, -0.25) is 10.2 Å². The highest BCUT2D eigenvalue weighted by Gasteiger charge is 2.14. The highest BCUT2D eigenvalue weighted by atomic mass is 32.1. The number of benzene rings is 2. The summed E-state index contributed by atoms with van der Waals surface area (Å²) in [5, 5.41) is 24.9. The van der Waals surface area contributed by atoms with Crippen LogP contribution in [0.25, 0.3) is 11.4 Å². The van der Waals surface area contributed by atoms with Gasteiger partial charge in [0.15, 0.2) is 5.82 Å². The summed E-state index contributed by atoms with van der Waals surface area (Å²) in [4.78, 5) is 6.30. The smallest absolute Gasteiger partial charge is 0.213 e. The molecule has 0 radical (unpaired) electrons. The number of hydrogen-bond acceptors (Lipinski definition) is 6. The van der Waals surface area contributed by atoms with Crippen LogP contribution in [0.5, 0.6) is 17.2 Å². The van der Waals surface area contributed by atoms with E-state index in [2.05, 4.69) is 60.0 Å². The van der Waals surface area contributed by atoms with E-state index in [4.69, 9.17) is 17.0 Å². The van der Waals surface area contributed by atoms with Gasteiger partial charge in [0, 0.05) is 19.7 Å². The van der Waals surface area contributed by atoms with Crippen LogP contribution in [0.1, 0.15) is 51.2 Å². The highest BCUT2D eigenvalue weighted by Crippen LogP contribution is 2.36. The number of hydrogen-bond donors (Lipinski definition) is 4. The molecule has 1 aromatic heterocycles. The van der Waals surface area contributed by atoms with Gasteiger partial charge in [-0.1, -0.05) is 33.8 Å². The molecule has 7 nitrogen and oxygen atoms in total. The summed E-state index contributed by atoms with van der Waals surface area (Å²) in [6, 6.07) is 9.32. The van der Waals surface area contributed by atoms with E-state index >= 15 is 0 Å². The van der Waals surface area contributed by atoms with Crippen molar-refractivity contribution in [3.63, 3.8) is 0 Å². The van der Waals surface area contributed by atoms with E-state index < -0.39 is 0 Å². The quantitative estimate of drug-likeness (QED) is 0.308. The molecule has 3 aromatic rings. The second kappa shape index (κ2) is 11.7. The molecule has 0 fully saturated rings. The Morgan fingerprint density at radius 1 is 1.06 bits per heavy atom. The van der Waals surface area contributed by atoms with Crippen LogP contribution < -0.4 is 9.64 Å². The van der Waals surface area contributed by atoms with Crippen molar-refractivity contribution in [3.05, 3.63) is 46.2 Å². The maximum absolute atomic E-state index is 9.79. The minimum Gasteiger partial charge on any atom is -0.508 e. The maximum atomic E-state index is 9.79. The van der Waals surface area contributed by atoms with Crippen molar-refractivity contribution < 1.29 is 14.9 Å². The van der Waals surface area contributed by atoms with Crippen LogP contribution in [-0.4, -0.2) is 46.1 Å². The van der Waals surface area contributed by atoms with Crippen molar-refractivity contribution in [2.45, 2.75) is 47.0 Å². The number of methoxy groups -OCH3 is 1. The molecule has 8 heteroatoms. The third-order valence-corrected chi connectivity index (χ3v) is 5.50. The Balaban J connectivity index is 0.000000234. The fourth-order valence-electron chi connectivity index (χ4n) is 3.31. The molecule has 3 rings (SSSR count). The molecule has 0 amide bonds. The SMILES string of the molecule is CC(C)c1cc(-c2nc(=S)[nH][nH]2)c(O)cc1O.COc1ccc(C)cc1N(C)CCC(C)C. The molecule has 0 saturated heterocycles. The Bertz CT molecular complexity index is 1110. The number of H-pyrrole nitrogens is 2. The van der Waals surface area contributed by atoms with Gasteiger partial charge >= 0.3 is 0 Å². The van der Waals surface area contributed by atoms with Crippen LogP contribution in [0.15, 0.2) is 30.3 Å². The van der Waals surface area contributed by atoms with Crippen molar-refractivity contribution in [1.82, 2.24) is 15.2 Å². The van der Waals surface area contributed by atoms with Gasteiger partial charge in [-0.2, -0.15) is 4.98 Å². The van der Waals surface area contributed by atoms with E-state index in [0.717, 1.165) is 23.8 Å². The molecule has 4 N–H and O–H groups in total. The van der Waals surface area contributed by atoms with Crippen molar-refractivity contribution in [2.24, 2.45) is 5.92 Å². The normalized spacial score (nSPS) is 10.8. The van der Waals surface area contributed by atoms with E-state index in [0.29, 0.717) is 16.2 Å². The molecular weight excluding hydrogens is 436 g/mol. The predicted octanol–water partition coefficient (Wildman–Crippen LogP) is 6.15. The second-order valence-corrected chi connectivity index (χ2v) is 9.26.